The number of rotatable bonds is 0. The Kier molecular flexibility index (Phi) is 3.89. The van der Waals surface area contributed by atoms with E-state index in [0.29, 0.717) is 6.04 Å². The summed E-state index contributed by atoms with van der Waals surface area (Å²) >= 11 is 4.86. The summed E-state index contributed by atoms with van der Waals surface area (Å²) in [5, 5.41) is 6.93. The molecule has 0 amide bonds. The summed E-state index contributed by atoms with van der Waals surface area (Å²) in [4.78, 5) is 0. The summed E-state index contributed by atoms with van der Waals surface area (Å²) in [6, 6.07) is 0.559. The molecule has 1 aliphatic rings. The highest BCUT2D eigenvalue weighted by molar-refractivity contribution is 7.80. The van der Waals surface area contributed by atoms with Gasteiger partial charge >= 0.3 is 0 Å². The molecule has 0 bridgehead atoms. The van der Waals surface area contributed by atoms with Crippen LogP contribution in [0.4, 0.5) is 0 Å². The van der Waals surface area contributed by atoms with E-state index in [2.05, 4.69) is 17.6 Å². The molecule has 0 spiro atoms. The zero-order valence-corrected chi connectivity index (χ0v) is 6.94. The monoisotopic (exact) mass is 166 g/mol. The Balaban J connectivity index is 0.000000640. The minimum absolute atomic E-state index is 0. The van der Waals surface area contributed by atoms with Gasteiger partial charge in [-0.05, 0) is 25.6 Å². The van der Waals surface area contributed by atoms with Crippen molar-refractivity contribution in [1.29, 1.82) is 0 Å². The number of halogens is 1. The molecular formula is C5H11ClN2S. The van der Waals surface area contributed by atoms with Gasteiger partial charge in [-0.15, -0.1) is 12.4 Å². The summed E-state index contributed by atoms with van der Waals surface area (Å²) < 4.78 is 0. The van der Waals surface area contributed by atoms with Gasteiger partial charge in [0, 0.05) is 12.6 Å². The Hall–Kier alpha value is -0.0200. The van der Waals surface area contributed by atoms with Crippen molar-refractivity contribution < 1.29 is 0 Å². The van der Waals surface area contributed by atoms with Gasteiger partial charge in [0.1, 0.15) is 0 Å². The molecule has 0 aromatic rings. The lowest BCUT2D eigenvalue weighted by Crippen LogP contribution is -2.47. The molecule has 1 unspecified atom stereocenters. The van der Waals surface area contributed by atoms with E-state index in [1.807, 2.05) is 0 Å². The fourth-order valence-electron chi connectivity index (χ4n) is 0.749. The highest BCUT2D eigenvalue weighted by atomic mass is 35.5. The van der Waals surface area contributed by atoms with E-state index in [-0.39, 0.29) is 12.4 Å². The highest BCUT2D eigenvalue weighted by Gasteiger charge is 2.07. The SMILES string of the molecule is CC1CCNC(=S)N1.Cl. The molecule has 2 nitrogen and oxygen atoms in total. The molecule has 0 aromatic carbocycles. The van der Waals surface area contributed by atoms with Crippen LogP contribution in [-0.4, -0.2) is 17.7 Å². The van der Waals surface area contributed by atoms with E-state index in [0.717, 1.165) is 11.7 Å². The Bertz CT molecular complexity index is 107. The van der Waals surface area contributed by atoms with Crippen LogP contribution < -0.4 is 10.6 Å². The number of nitrogens with one attached hydrogen (secondary N) is 2. The van der Waals surface area contributed by atoms with Crippen LogP contribution in [0.25, 0.3) is 0 Å². The molecule has 1 rings (SSSR count). The molecule has 1 heterocycles. The summed E-state index contributed by atoms with van der Waals surface area (Å²) in [5.74, 6) is 0. The summed E-state index contributed by atoms with van der Waals surface area (Å²) in [7, 11) is 0. The zero-order valence-electron chi connectivity index (χ0n) is 5.31. The van der Waals surface area contributed by atoms with Crippen molar-refractivity contribution in [2.45, 2.75) is 19.4 Å². The lowest BCUT2D eigenvalue weighted by molar-refractivity contribution is 0.552. The molecule has 1 atom stereocenters. The maximum Gasteiger partial charge on any atom is 0.166 e. The van der Waals surface area contributed by atoms with Gasteiger partial charge in [-0.1, -0.05) is 0 Å². The van der Waals surface area contributed by atoms with E-state index < -0.39 is 0 Å². The first-order chi connectivity index (χ1) is 3.79. The van der Waals surface area contributed by atoms with E-state index in [1.165, 1.54) is 6.42 Å². The number of hydrogen-bond donors (Lipinski definition) is 2. The maximum atomic E-state index is 4.86. The third-order valence-corrected chi connectivity index (χ3v) is 1.50. The molecule has 4 heteroatoms. The summed E-state index contributed by atoms with van der Waals surface area (Å²) in [6.07, 6.45) is 1.17. The van der Waals surface area contributed by atoms with Crippen molar-refractivity contribution in [3.63, 3.8) is 0 Å². The van der Waals surface area contributed by atoms with Gasteiger partial charge in [0.05, 0.1) is 0 Å². The topological polar surface area (TPSA) is 24.1 Å². The van der Waals surface area contributed by atoms with Crippen LogP contribution in [0, 0.1) is 0 Å². The third kappa shape index (κ3) is 2.87. The molecule has 1 aliphatic heterocycles. The number of hydrogen-bond acceptors (Lipinski definition) is 1. The van der Waals surface area contributed by atoms with Gasteiger partial charge in [-0.2, -0.15) is 0 Å². The smallest absolute Gasteiger partial charge is 0.166 e. The largest absolute Gasteiger partial charge is 0.363 e. The average Bonchev–Trinajstić information content (AvgIpc) is 1.64. The molecule has 0 aromatic heterocycles. The molecule has 0 aliphatic carbocycles. The Morgan fingerprint density at radius 2 is 2.33 bits per heavy atom. The first kappa shape index (κ1) is 8.98. The molecule has 0 radical (unpaired) electrons. The van der Waals surface area contributed by atoms with E-state index in [1.54, 1.807) is 0 Å². The second-order valence-electron chi connectivity index (χ2n) is 2.09. The highest BCUT2D eigenvalue weighted by Crippen LogP contribution is 1.92. The van der Waals surface area contributed by atoms with Gasteiger partial charge in [0.2, 0.25) is 0 Å². The Morgan fingerprint density at radius 1 is 1.67 bits per heavy atom. The minimum Gasteiger partial charge on any atom is -0.363 e. The fraction of sp³-hybridized carbons (Fsp3) is 0.800. The lowest BCUT2D eigenvalue weighted by atomic mass is 10.2. The van der Waals surface area contributed by atoms with Gasteiger partial charge in [0.25, 0.3) is 0 Å². The molecule has 54 valence electrons. The van der Waals surface area contributed by atoms with Gasteiger partial charge in [-0.25, -0.2) is 0 Å². The first-order valence-corrected chi connectivity index (χ1v) is 3.24. The van der Waals surface area contributed by atoms with Gasteiger partial charge < -0.3 is 10.6 Å². The normalized spacial score (nSPS) is 25.4. The van der Waals surface area contributed by atoms with E-state index in [4.69, 9.17) is 12.2 Å². The molecule has 9 heavy (non-hydrogen) atoms. The standard InChI is InChI=1S/C5H10N2S.ClH/c1-4-2-3-6-5(8)7-4;/h4H,2-3H2,1H3,(H2,6,7,8);1H. The fourth-order valence-corrected chi connectivity index (χ4v) is 1.05. The van der Waals surface area contributed by atoms with Crippen molar-refractivity contribution in [2.75, 3.05) is 6.54 Å². The minimum atomic E-state index is 0. The molecule has 0 saturated carbocycles. The van der Waals surface area contributed by atoms with Crippen LogP contribution >= 0.6 is 24.6 Å². The summed E-state index contributed by atoms with van der Waals surface area (Å²) in [5.41, 5.74) is 0. The molecular weight excluding hydrogens is 156 g/mol. The van der Waals surface area contributed by atoms with Gasteiger partial charge in [0.15, 0.2) is 5.11 Å². The Labute approximate surface area is 66.8 Å². The predicted octanol–water partition coefficient (Wildman–Crippen LogP) is 0.665. The van der Waals surface area contributed by atoms with Gasteiger partial charge in [-0.3, -0.25) is 0 Å². The Morgan fingerprint density at radius 3 is 2.67 bits per heavy atom. The van der Waals surface area contributed by atoms with Crippen LogP contribution in [0.1, 0.15) is 13.3 Å². The summed E-state index contributed by atoms with van der Waals surface area (Å²) in [6.45, 7) is 3.15. The van der Waals surface area contributed by atoms with Crippen LogP contribution in [0.5, 0.6) is 0 Å². The van der Waals surface area contributed by atoms with Crippen molar-refractivity contribution in [3.05, 3.63) is 0 Å². The quantitative estimate of drug-likeness (QED) is 0.518. The van der Waals surface area contributed by atoms with Crippen LogP contribution in [-0.2, 0) is 0 Å². The van der Waals surface area contributed by atoms with Crippen LogP contribution in [0.2, 0.25) is 0 Å². The van der Waals surface area contributed by atoms with Crippen molar-refractivity contribution in [1.82, 2.24) is 10.6 Å². The first-order valence-electron chi connectivity index (χ1n) is 2.83. The van der Waals surface area contributed by atoms with Crippen molar-refractivity contribution in [3.8, 4) is 0 Å². The molecule has 1 saturated heterocycles. The average molecular weight is 167 g/mol. The van der Waals surface area contributed by atoms with E-state index in [9.17, 15) is 0 Å². The lowest BCUT2D eigenvalue weighted by Gasteiger charge is -2.22. The second kappa shape index (κ2) is 3.90. The van der Waals surface area contributed by atoms with Crippen molar-refractivity contribution in [2.24, 2.45) is 0 Å². The predicted molar refractivity (Wildman–Crippen MR) is 45.1 cm³/mol. The molecule has 1 fully saturated rings. The van der Waals surface area contributed by atoms with Crippen molar-refractivity contribution >= 4 is 29.7 Å². The number of thiocarbonyl (C=S) groups is 1. The van der Waals surface area contributed by atoms with E-state index >= 15 is 0 Å². The zero-order chi connectivity index (χ0) is 5.98. The van der Waals surface area contributed by atoms with Crippen LogP contribution in [0.3, 0.4) is 0 Å². The third-order valence-electron chi connectivity index (χ3n) is 1.24. The molecule has 2 N–H and O–H groups in total. The second-order valence-corrected chi connectivity index (χ2v) is 2.50. The van der Waals surface area contributed by atoms with Crippen LogP contribution in [0.15, 0.2) is 0 Å². The maximum absolute atomic E-state index is 4.86.